The molecule has 0 amide bonds. The quantitative estimate of drug-likeness (QED) is 0.741. The predicted octanol–water partition coefficient (Wildman–Crippen LogP) is 3.12. The molecular formula is C18H18N4O. The highest BCUT2D eigenvalue weighted by Gasteiger charge is 2.28. The van der Waals surface area contributed by atoms with E-state index in [1.165, 1.54) is 5.56 Å². The number of rotatable bonds is 4. The van der Waals surface area contributed by atoms with Crippen molar-refractivity contribution in [2.45, 2.75) is 18.9 Å². The molecule has 3 aromatic rings. The fraction of sp³-hybridized carbons (Fsp3) is 0.278. The largest absolute Gasteiger partial charge is 0.420 e. The molecule has 1 fully saturated rings. The molecule has 5 nitrogen and oxygen atoms in total. The molecule has 0 spiro atoms. The molecule has 1 atom stereocenters. The van der Waals surface area contributed by atoms with Gasteiger partial charge in [0.15, 0.2) is 0 Å². The van der Waals surface area contributed by atoms with Crippen LogP contribution in [0, 0.1) is 0 Å². The Bertz CT molecular complexity index is 757. The van der Waals surface area contributed by atoms with E-state index in [1.54, 1.807) is 12.4 Å². The highest BCUT2D eigenvalue weighted by Crippen LogP contribution is 2.29. The van der Waals surface area contributed by atoms with Gasteiger partial charge in [-0.1, -0.05) is 30.3 Å². The van der Waals surface area contributed by atoms with Crippen molar-refractivity contribution in [3.05, 3.63) is 66.3 Å². The average Bonchev–Trinajstić information content (AvgIpc) is 3.26. The Kier molecular flexibility index (Phi) is 3.86. The zero-order chi connectivity index (χ0) is 15.5. The van der Waals surface area contributed by atoms with Crippen molar-refractivity contribution >= 4 is 0 Å². The zero-order valence-electron chi connectivity index (χ0n) is 12.8. The Hall–Kier alpha value is -2.53. The lowest BCUT2D eigenvalue weighted by molar-refractivity contribution is 0.320. The molecule has 1 unspecified atom stereocenters. The predicted molar refractivity (Wildman–Crippen MR) is 86.6 cm³/mol. The molecule has 0 radical (unpaired) electrons. The van der Waals surface area contributed by atoms with Crippen LogP contribution in [0.25, 0.3) is 11.5 Å². The monoisotopic (exact) mass is 306 g/mol. The van der Waals surface area contributed by atoms with E-state index in [1.807, 2.05) is 12.1 Å². The van der Waals surface area contributed by atoms with E-state index in [4.69, 9.17) is 4.42 Å². The van der Waals surface area contributed by atoms with Gasteiger partial charge in [-0.15, -0.1) is 10.2 Å². The fourth-order valence-corrected chi connectivity index (χ4v) is 3.03. The number of pyridine rings is 1. The van der Waals surface area contributed by atoms with Gasteiger partial charge >= 0.3 is 0 Å². The second-order valence-electron chi connectivity index (χ2n) is 5.89. The Morgan fingerprint density at radius 1 is 1.04 bits per heavy atom. The summed E-state index contributed by atoms with van der Waals surface area (Å²) in [7, 11) is 0. The van der Waals surface area contributed by atoms with Crippen LogP contribution in [0.1, 0.15) is 23.8 Å². The lowest BCUT2D eigenvalue weighted by atomic mass is 10.1. The third-order valence-corrected chi connectivity index (χ3v) is 4.24. The first-order chi connectivity index (χ1) is 11.4. The van der Waals surface area contributed by atoms with Crippen LogP contribution in [0.5, 0.6) is 0 Å². The summed E-state index contributed by atoms with van der Waals surface area (Å²) >= 11 is 0. The van der Waals surface area contributed by atoms with Crippen molar-refractivity contribution in [1.82, 2.24) is 20.1 Å². The highest BCUT2D eigenvalue weighted by atomic mass is 16.4. The van der Waals surface area contributed by atoms with Crippen molar-refractivity contribution in [2.75, 3.05) is 13.1 Å². The molecule has 1 aromatic carbocycles. The lowest BCUT2D eigenvalue weighted by Gasteiger charge is -2.14. The van der Waals surface area contributed by atoms with Crippen LogP contribution in [0.3, 0.4) is 0 Å². The van der Waals surface area contributed by atoms with Gasteiger partial charge in [0.1, 0.15) is 0 Å². The van der Waals surface area contributed by atoms with E-state index in [0.717, 1.165) is 37.5 Å². The number of likely N-dealkylation sites (tertiary alicyclic amines) is 1. The maximum absolute atomic E-state index is 5.88. The summed E-state index contributed by atoms with van der Waals surface area (Å²) in [6.07, 6.45) is 4.53. The molecule has 3 heterocycles. The standard InChI is InChI=1S/C18H18N4O/c1-2-4-14(5-3-1)12-22-11-8-16(13-22)18-21-20-17(23-18)15-6-9-19-10-7-15/h1-7,9-10,16H,8,11-13H2. The highest BCUT2D eigenvalue weighted by molar-refractivity contribution is 5.50. The topological polar surface area (TPSA) is 55.1 Å². The van der Waals surface area contributed by atoms with Crippen LogP contribution in [-0.2, 0) is 6.54 Å². The first-order valence-electron chi connectivity index (χ1n) is 7.88. The van der Waals surface area contributed by atoms with Crippen LogP contribution in [-0.4, -0.2) is 33.2 Å². The fourth-order valence-electron chi connectivity index (χ4n) is 3.03. The SMILES string of the molecule is c1ccc(CN2CCC(c3nnc(-c4ccncc4)o3)C2)cc1. The summed E-state index contributed by atoms with van der Waals surface area (Å²) in [5.74, 6) is 1.64. The van der Waals surface area contributed by atoms with E-state index in [-0.39, 0.29) is 0 Å². The average molecular weight is 306 g/mol. The maximum atomic E-state index is 5.88. The maximum Gasteiger partial charge on any atom is 0.247 e. The van der Waals surface area contributed by atoms with Gasteiger partial charge in [-0.3, -0.25) is 9.88 Å². The smallest absolute Gasteiger partial charge is 0.247 e. The molecule has 0 aliphatic carbocycles. The molecule has 1 saturated heterocycles. The van der Waals surface area contributed by atoms with Crippen LogP contribution >= 0.6 is 0 Å². The van der Waals surface area contributed by atoms with Crippen molar-refractivity contribution in [2.24, 2.45) is 0 Å². The van der Waals surface area contributed by atoms with Crippen molar-refractivity contribution in [1.29, 1.82) is 0 Å². The zero-order valence-corrected chi connectivity index (χ0v) is 12.8. The van der Waals surface area contributed by atoms with Gasteiger partial charge in [0.05, 0.1) is 5.92 Å². The van der Waals surface area contributed by atoms with Crippen LogP contribution < -0.4 is 0 Å². The Labute approximate surface area is 135 Å². The van der Waals surface area contributed by atoms with E-state index in [2.05, 4.69) is 50.4 Å². The van der Waals surface area contributed by atoms with Crippen molar-refractivity contribution < 1.29 is 4.42 Å². The molecule has 23 heavy (non-hydrogen) atoms. The minimum Gasteiger partial charge on any atom is -0.420 e. The first-order valence-corrected chi connectivity index (χ1v) is 7.88. The van der Waals surface area contributed by atoms with Crippen LogP contribution in [0.4, 0.5) is 0 Å². The molecule has 5 heteroatoms. The van der Waals surface area contributed by atoms with Gasteiger partial charge in [0.2, 0.25) is 11.8 Å². The summed E-state index contributed by atoms with van der Waals surface area (Å²) in [5.41, 5.74) is 2.26. The number of benzene rings is 1. The third kappa shape index (κ3) is 3.14. The molecule has 116 valence electrons. The molecular weight excluding hydrogens is 288 g/mol. The van der Waals surface area contributed by atoms with Gasteiger partial charge < -0.3 is 4.42 Å². The number of hydrogen-bond acceptors (Lipinski definition) is 5. The number of hydrogen-bond donors (Lipinski definition) is 0. The van der Waals surface area contributed by atoms with Gasteiger partial charge in [-0.2, -0.15) is 0 Å². The third-order valence-electron chi connectivity index (χ3n) is 4.24. The summed E-state index contributed by atoms with van der Waals surface area (Å²) in [4.78, 5) is 6.45. The number of nitrogens with zero attached hydrogens (tertiary/aromatic N) is 4. The van der Waals surface area contributed by atoms with Crippen LogP contribution in [0.15, 0.2) is 59.3 Å². The summed E-state index contributed by atoms with van der Waals surface area (Å²) < 4.78 is 5.88. The molecule has 4 rings (SSSR count). The second-order valence-corrected chi connectivity index (χ2v) is 5.89. The van der Waals surface area contributed by atoms with Crippen LogP contribution in [0.2, 0.25) is 0 Å². The van der Waals surface area contributed by atoms with Crippen molar-refractivity contribution in [3.8, 4) is 11.5 Å². The van der Waals surface area contributed by atoms with E-state index in [0.29, 0.717) is 11.8 Å². The normalized spacial score (nSPS) is 18.3. The minimum atomic E-state index is 0.321. The molecule has 1 aliphatic rings. The first kappa shape index (κ1) is 14.1. The van der Waals surface area contributed by atoms with Gasteiger partial charge in [0.25, 0.3) is 0 Å². The Morgan fingerprint density at radius 3 is 2.70 bits per heavy atom. The summed E-state index contributed by atoms with van der Waals surface area (Å²) in [5, 5.41) is 8.43. The summed E-state index contributed by atoms with van der Waals surface area (Å²) in [6.45, 7) is 3.00. The Balaban J connectivity index is 1.43. The number of aromatic nitrogens is 3. The van der Waals surface area contributed by atoms with Gasteiger partial charge in [-0.05, 0) is 30.7 Å². The molecule has 0 N–H and O–H groups in total. The lowest BCUT2D eigenvalue weighted by Crippen LogP contribution is -2.19. The van der Waals surface area contributed by atoms with E-state index < -0.39 is 0 Å². The second kappa shape index (κ2) is 6.30. The minimum absolute atomic E-state index is 0.321. The van der Waals surface area contributed by atoms with Crippen molar-refractivity contribution in [3.63, 3.8) is 0 Å². The molecule has 2 aromatic heterocycles. The van der Waals surface area contributed by atoms with Gasteiger partial charge in [-0.25, -0.2) is 0 Å². The molecule has 0 bridgehead atoms. The van der Waals surface area contributed by atoms with Gasteiger partial charge in [0, 0.05) is 31.0 Å². The molecule has 0 saturated carbocycles. The summed E-state index contributed by atoms with van der Waals surface area (Å²) in [6, 6.07) is 14.3. The van der Waals surface area contributed by atoms with E-state index >= 15 is 0 Å². The molecule has 1 aliphatic heterocycles. The van der Waals surface area contributed by atoms with E-state index in [9.17, 15) is 0 Å². The Morgan fingerprint density at radius 2 is 1.87 bits per heavy atom.